The standard InChI is InChI=1S/C18H21ClN2/c19-18-17(7-4-10-20-18)14-21-11-8-16(9-12-21)13-15-5-2-1-3-6-15/h1-7,10,16H,8-9,11-14H2. The van der Waals surface area contributed by atoms with Crippen molar-refractivity contribution >= 4 is 11.6 Å². The molecule has 1 fully saturated rings. The highest BCUT2D eigenvalue weighted by Crippen LogP contribution is 2.23. The Kier molecular flexibility index (Phi) is 4.89. The summed E-state index contributed by atoms with van der Waals surface area (Å²) in [4.78, 5) is 6.64. The molecule has 1 aromatic heterocycles. The Labute approximate surface area is 131 Å². The zero-order valence-electron chi connectivity index (χ0n) is 12.2. The molecule has 1 aliphatic heterocycles. The minimum absolute atomic E-state index is 0.643. The lowest BCUT2D eigenvalue weighted by Crippen LogP contribution is -2.34. The first-order valence-corrected chi connectivity index (χ1v) is 8.05. The Morgan fingerprint density at radius 1 is 1.05 bits per heavy atom. The van der Waals surface area contributed by atoms with Gasteiger partial charge >= 0.3 is 0 Å². The van der Waals surface area contributed by atoms with Gasteiger partial charge < -0.3 is 0 Å². The van der Waals surface area contributed by atoms with Crippen molar-refractivity contribution in [3.05, 3.63) is 64.9 Å². The molecular weight excluding hydrogens is 280 g/mol. The smallest absolute Gasteiger partial charge is 0.133 e. The topological polar surface area (TPSA) is 16.1 Å². The third kappa shape index (κ3) is 4.05. The molecule has 3 rings (SSSR count). The molecule has 2 aromatic rings. The van der Waals surface area contributed by atoms with Gasteiger partial charge in [-0.3, -0.25) is 4.90 Å². The maximum absolute atomic E-state index is 6.14. The van der Waals surface area contributed by atoms with E-state index < -0.39 is 0 Å². The summed E-state index contributed by atoms with van der Waals surface area (Å²) in [5.41, 5.74) is 2.60. The molecule has 0 atom stereocenters. The van der Waals surface area contributed by atoms with E-state index in [2.05, 4.69) is 46.3 Å². The molecule has 2 nitrogen and oxygen atoms in total. The Hall–Kier alpha value is -1.38. The molecule has 0 N–H and O–H groups in total. The van der Waals surface area contributed by atoms with Crippen molar-refractivity contribution in [2.75, 3.05) is 13.1 Å². The van der Waals surface area contributed by atoms with E-state index >= 15 is 0 Å². The van der Waals surface area contributed by atoms with Crippen LogP contribution in [-0.2, 0) is 13.0 Å². The van der Waals surface area contributed by atoms with E-state index in [4.69, 9.17) is 11.6 Å². The third-order valence-corrected chi connectivity index (χ3v) is 4.64. The minimum atomic E-state index is 0.643. The van der Waals surface area contributed by atoms with Crippen LogP contribution in [0, 0.1) is 5.92 Å². The number of hydrogen-bond acceptors (Lipinski definition) is 2. The van der Waals surface area contributed by atoms with E-state index in [1.165, 1.54) is 24.8 Å². The van der Waals surface area contributed by atoms with Crippen molar-refractivity contribution in [1.29, 1.82) is 0 Å². The summed E-state index contributed by atoms with van der Waals surface area (Å²) in [5, 5.41) is 0.643. The van der Waals surface area contributed by atoms with Gasteiger partial charge in [-0.15, -0.1) is 0 Å². The Morgan fingerprint density at radius 3 is 2.52 bits per heavy atom. The van der Waals surface area contributed by atoms with Crippen LogP contribution >= 0.6 is 11.6 Å². The van der Waals surface area contributed by atoms with E-state index in [-0.39, 0.29) is 0 Å². The van der Waals surface area contributed by atoms with Crippen molar-refractivity contribution < 1.29 is 0 Å². The summed E-state index contributed by atoms with van der Waals surface area (Å²) in [5.74, 6) is 0.813. The van der Waals surface area contributed by atoms with Crippen LogP contribution in [0.2, 0.25) is 5.15 Å². The van der Waals surface area contributed by atoms with Crippen molar-refractivity contribution in [2.24, 2.45) is 5.92 Å². The highest BCUT2D eigenvalue weighted by Gasteiger charge is 2.20. The van der Waals surface area contributed by atoms with Gasteiger partial charge in [-0.1, -0.05) is 48.0 Å². The van der Waals surface area contributed by atoms with Crippen LogP contribution in [0.4, 0.5) is 0 Å². The Balaban J connectivity index is 1.50. The average molecular weight is 301 g/mol. The van der Waals surface area contributed by atoms with Gasteiger partial charge in [0.25, 0.3) is 0 Å². The summed E-state index contributed by atoms with van der Waals surface area (Å²) >= 11 is 6.14. The second kappa shape index (κ2) is 7.06. The predicted molar refractivity (Wildman–Crippen MR) is 87.4 cm³/mol. The number of aromatic nitrogens is 1. The van der Waals surface area contributed by atoms with Gasteiger partial charge in [0.2, 0.25) is 0 Å². The first-order valence-electron chi connectivity index (χ1n) is 7.67. The van der Waals surface area contributed by atoms with Crippen LogP contribution in [0.5, 0.6) is 0 Å². The molecule has 1 aromatic carbocycles. The van der Waals surface area contributed by atoms with E-state index in [0.717, 1.165) is 31.1 Å². The summed E-state index contributed by atoms with van der Waals surface area (Å²) in [6.07, 6.45) is 5.50. The number of benzene rings is 1. The summed E-state index contributed by atoms with van der Waals surface area (Å²) in [7, 11) is 0. The van der Waals surface area contributed by atoms with E-state index in [0.29, 0.717) is 5.15 Å². The quantitative estimate of drug-likeness (QED) is 0.787. The molecule has 0 radical (unpaired) electrons. The van der Waals surface area contributed by atoms with E-state index in [9.17, 15) is 0 Å². The lowest BCUT2D eigenvalue weighted by molar-refractivity contribution is 0.177. The highest BCUT2D eigenvalue weighted by molar-refractivity contribution is 6.30. The molecular formula is C18H21ClN2. The number of rotatable bonds is 4. The fourth-order valence-electron chi connectivity index (χ4n) is 3.07. The highest BCUT2D eigenvalue weighted by atomic mass is 35.5. The maximum atomic E-state index is 6.14. The maximum Gasteiger partial charge on any atom is 0.133 e. The predicted octanol–water partition coefficient (Wildman–Crippen LogP) is 4.19. The largest absolute Gasteiger partial charge is 0.299 e. The number of nitrogens with zero attached hydrogens (tertiary/aromatic N) is 2. The van der Waals surface area contributed by atoms with E-state index in [1.807, 2.05) is 6.07 Å². The molecule has 3 heteroatoms. The molecule has 0 bridgehead atoms. The number of hydrogen-bond donors (Lipinski definition) is 0. The van der Waals surface area contributed by atoms with Crippen LogP contribution in [0.1, 0.15) is 24.0 Å². The first-order chi connectivity index (χ1) is 10.3. The molecule has 0 unspecified atom stereocenters. The van der Waals surface area contributed by atoms with Gasteiger partial charge in [0, 0.05) is 18.3 Å². The van der Waals surface area contributed by atoms with Gasteiger partial charge in [-0.2, -0.15) is 0 Å². The lowest BCUT2D eigenvalue weighted by atomic mass is 9.90. The molecule has 2 heterocycles. The number of likely N-dealkylation sites (tertiary alicyclic amines) is 1. The normalized spacial score (nSPS) is 17.0. The minimum Gasteiger partial charge on any atom is -0.299 e. The zero-order chi connectivity index (χ0) is 14.5. The Morgan fingerprint density at radius 2 is 1.81 bits per heavy atom. The Bertz CT molecular complexity index is 562. The lowest BCUT2D eigenvalue weighted by Gasteiger charge is -2.32. The fourth-order valence-corrected chi connectivity index (χ4v) is 3.25. The summed E-state index contributed by atoms with van der Waals surface area (Å²) in [6, 6.07) is 14.9. The molecule has 0 aliphatic carbocycles. The summed E-state index contributed by atoms with van der Waals surface area (Å²) in [6.45, 7) is 3.23. The van der Waals surface area contributed by atoms with Gasteiger partial charge in [-0.25, -0.2) is 4.98 Å². The van der Waals surface area contributed by atoms with Gasteiger partial charge in [0.05, 0.1) is 0 Å². The monoisotopic (exact) mass is 300 g/mol. The summed E-state index contributed by atoms with van der Waals surface area (Å²) < 4.78 is 0. The van der Waals surface area contributed by atoms with Crippen molar-refractivity contribution in [3.63, 3.8) is 0 Å². The fraction of sp³-hybridized carbons (Fsp3) is 0.389. The van der Waals surface area contributed by atoms with E-state index in [1.54, 1.807) is 6.20 Å². The number of pyridine rings is 1. The van der Waals surface area contributed by atoms with Crippen molar-refractivity contribution in [3.8, 4) is 0 Å². The average Bonchev–Trinajstić information content (AvgIpc) is 2.52. The van der Waals surface area contributed by atoms with Crippen LogP contribution in [0.15, 0.2) is 48.7 Å². The van der Waals surface area contributed by atoms with Gasteiger partial charge in [0.15, 0.2) is 0 Å². The SMILES string of the molecule is Clc1ncccc1CN1CCC(Cc2ccccc2)CC1. The number of piperidine rings is 1. The molecule has 0 saturated carbocycles. The molecule has 1 saturated heterocycles. The first kappa shape index (κ1) is 14.6. The van der Waals surface area contributed by atoms with Crippen LogP contribution in [0.3, 0.4) is 0 Å². The second-order valence-corrected chi connectivity index (χ2v) is 6.22. The van der Waals surface area contributed by atoms with Crippen LogP contribution in [0.25, 0.3) is 0 Å². The van der Waals surface area contributed by atoms with Crippen LogP contribution in [-0.4, -0.2) is 23.0 Å². The molecule has 110 valence electrons. The molecule has 21 heavy (non-hydrogen) atoms. The zero-order valence-corrected chi connectivity index (χ0v) is 13.0. The third-order valence-electron chi connectivity index (χ3n) is 4.30. The number of halogens is 1. The molecule has 0 amide bonds. The second-order valence-electron chi connectivity index (χ2n) is 5.86. The molecule has 0 spiro atoms. The van der Waals surface area contributed by atoms with Crippen molar-refractivity contribution in [2.45, 2.75) is 25.8 Å². The molecule has 1 aliphatic rings. The van der Waals surface area contributed by atoms with Crippen molar-refractivity contribution in [1.82, 2.24) is 9.88 Å². The van der Waals surface area contributed by atoms with Gasteiger partial charge in [-0.05, 0) is 49.9 Å². The van der Waals surface area contributed by atoms with Crippen LogP contribution < -0.4 is 0 Å². The van der Waals surface area contributed by atoms with Gasteiger partial charge in [0.1, 0.15) is 5.15 Å².